The topological polar surface area (TPSA) is 72.3 Å². The number of fused-ring (bicyclic) bond motifs is 1. The van der Waals surface area contributed by atoms with Gasteiger partial charge in [0.1, 0.15) is 5.82 Å². The van der Waals surface area contributed by atoms with Crippen molar-refractivity contribution in [1.82, 2.24) is 20.1 Å². The third kappa shape index (κ3) is 4.36. The number of nitrogens with zero attached hydrogens (tertiary/aromatic N) is 4. The summed E-state index contributed by atoms with van der Waals surface area (Å²) >= 11 is 0. The molecule has 1 aromatic heterocycles. The predicted octanol–water partition coefficient (Wildman–Crippen LogP) is 2.17. The summed E-state index contributed by atoms with van der Waals surface area (Å²) in [5.41, 5.74) is 1.55. The Labute approximate surface area is 165 Å². The number of carbonyl (C=O) groups excluding carboxylic acids is 1. The third-order valence-electron chi connectivity index (χ3n) is 5.41. The Bertz CT molecular complexity index is 860. The van der Waals surface area contributed by atoms with Gasteiger partial charge in [0.15, 0.2) is 5.82 Å². The summed E-state index contributed by atoms with van der Waals surface area (Å²) in [5, 5.41) is 10.6. The van der Waals surface area contributed by atoms with Crippen LogP contribution < -0.4 is 10.2 Å². The molecule has 10 heteroatoms. The van der Waals surface area contributed by atoms with E-state index in [-0.39, 0.29) is 31.8 Å². The van der Waals surface area contributed by atoms with Crippen LogP contribution in [0.2, 0.25) is 0 Å². The van der Waals surface area contributed by atoms with Crippen molar-refractivity contribution in [2.75, 3.05) is 31.2 Å². The van der Waals surface area contributed by atoms with Gasteiger partial charge in [0.2, 0.25) is 0 Å². The summed E-state index contributed by atoms with van der Waals surface area (Å²) in [4.78, 5) is 14.6. The van der Waals surface area contributed by atoms with Gasteiger partial charge in [-0.05, 0) is 30.7 Å². The minimum atomic E-state index is -4.22. The van der Waals surface area contributed by atoms with Crippen molar-refractivity contribution in [1.29, 1.82) is 0 Å². The smallest absolute Gasteiger partial charge is 0.378 e. The van der Waals surface area contributed by atoms with Gasteiger partial charge in [0.05, 0.1) is 25.7 Å². The van der Waals surface area contributed by atoms with Gasteiger partial charge in [-0.15, -0.1) is 10.2 Å². The van der Waals surface area contributed by atoms with E-state index in [4.69, 9.17) is 4.74 Å². The molecule has 2 aromatic rings. The van der Waals surface area contributed by atoms with Crippen LogP contribution in [0.3, 0.4) is 0 Å². The maximum atomic E-state index is 12.9. The first-order chi connectivity index (χ1) is 13.9. The number of nitrogens with one attached hydrogen (secondary N) is 1. The summed E-state index contributed by atoms with van der Waals surface area (Å²) in [5.74, 6) is -0.858. The third-order valence-corrected chi connectivity index (χ3v) is 5.41. The van der Waals surface area contributed by atoms with Crippen LogP contribution in [0.4, 0.5) is 18.9 Å². The molecule has 1 saturated heterocycles. The highest BCUT2D eigenvalue weighted by molar-refractivity contribution is 5.94. The number of hydrogen-bond donors (Lipinski definition) is 1. The van der Waals surface area contributed by atoms with E-state index in [1.54, 1.807) is 16.7 Å². The molecule has 1 aromatic carbocycles. The Hall–Kier alpha value is -2.62. The van der Waals surface area contributed by atoms with Gasteiger partial charge in [0.25, 0.3) is 5.91 Å². The lowest BCUT2D eigenvalue weighted by atomic mass is 9.97. The van der Waals surface area contributed by atoms with Gasteiger partial charge in [-0.3, -0.25) is 4.79 Å². The number of hydrogen-bond acceptors (Lipinski definition) is 5. The van der Waals surface area contributed by atoms with E-state index >= 15 is 0 Å². The van der Waals surface area contributed by atoms with Crippen molar-refractivity contribution in [3.8, 4) is 0 Å². The molecule has 2 aliphatic heterocycles. The molecule has 2 aliphatic rings. The molecule has 1 fully saturated rings. The van der Waals surface area contributed by atoms with Crippen LogP contribution in [-0.2, 0) is 24.2 Å². The quantitative estimate of drug-likeness (QED) is 0.838. The number of halogens is 3. The fraction of sp³-hybridized carbons (Fsp3) is 0.526. The molecule has 0 radical (unpaired) electrons. The number of benzene rings is 1. The number of rotatable bonds is 4. The van der Waals surface area contributed by atoms with Crippen molar-refractivity contribution in [3.05, 3.63) is 41.5 Å². The summed E-state index contributed by atoms with van der Waals surface area (Å²) in [6.45, 7) is 3.33. The number of carbonyl (C=O) groups is 1. The molecule has 0 unspecified atom stereocenters. The second-order valence-electron chi connectivity index (χ2n) is 7.24. The largest absolute Gasteiger partial charge is 0.392 e. The molecule has 156 valence electrons. The number of amides is 1. The molecular formula is C19H22F3N5O2. The number of ether oxygens (including phenoxy) is 1. The van der Waals surface area contributed by atoms with Crippen LogP contribution in [0.25, 0.3) is 0 Å². The van der Waals surface area contributed by atoms with Gasteiger partial charge < -0.3 is 19.5 Å². The normalized spacial score (nSPS) is 19.7. The van der Waals surface area contributed by atoms with Crippen LogP contribution in [0, 0.1) is 5.92 Å². The molecule has 0 spiro atoms. The first-order valence-electron chi connectivity index (χ1n) is 9.60. The fourth-order valence-corrected chi connectivity index (χ4v) is 3.71. The van der Waals surface area contributed by atoms with Gasteiger partial charge in [-0.2, -0.15) is 13.2 Å². The lowest BCUT2D eigenvalue weighted by Crippen LogP contribution is -2.36. The van der Waals surface area contributed by atoms with E-state index < -0.39 is 12.1 Å². The molecule has 1 atom stereocenters. The fourth-order valence-electron chi connectivity index (χ4n) is 3.71. The first-order valence-corrected chi connectivity index (χ1v) is 9.60. The molecule has 1 amide bonds. The van der Waals surface area contributed by atoms with Crippen LogP contribution in [0.5, 0.6) is 0 Å². The second kappa shape index (κ2) is 8.02. The maximum absolute atomic E-state index is 12.9. The van der Waals surface area contributed by atoms with Crippen molar-refractivity contribution < 1.29 is 22.7 Å². The zero-order valence-corrected chi connectivity index (χ0v) is 15.8. The average molecular weight is 409 g/mol. The van der Waals surface area contributed by atoms with E-state index in [9.17, 15) is 18.0 Å². The van der Waals surface area contributed by atoms with Crippen LogP contribution >= 0.6 is 0 Å². The highest BCUT2D eigenvalue weighted by Gasteiger charge is 2.42. The summed E-state index contributed by atoms with van der Waals surface area (Å²) < 4.78 is 45.7. The van der Waals surface area contributed by atoms with E-state index in [0.717, 1.165) is 18.8 Å². The number of anilines is 1. The Balaban J connectivity index is 1.35. The number of morpholine rings is 1. The molecule has 0 aliphatic carbocycles. The molecule has 0 bridgehead atoms. The highest BCUT2D eigenvalue weighted by atomic mass is 19.4. The molecule has 1 N–H and O–H groups in total. The van der Waals surface area contributed by atoms with Crippen LogP contribution in [-0.4, -0.2) is 53.2 Å². The molecule has 0 saturated carbocycles. The molecule has 29 heavy (non-hydrogen) atoms. The molecule has 3 heterocycles. The average Bonchev–Trinajstić information content (AvgIpc) is 3.14. The monoisotopic (exact) mass is 409 g/mol. The van der Waals surface area contributed by atoms with E-state index in [0.29, 0.717) is 30.4 Å². The van der Waals surface area contributed by atoms with Gasteiger partial charge >= 0.3 is 6.18 Å². The van der Waals surface area contributed by atoms with Crippen molar-refractivity contribution in [3.63, 3.8) is 0 Å². The van der Waals surface area contributed by atoms with Crippen molar-refractivity contribution >= 4 is 11.6 Å². The zero-order valence-electron chi connectivity index (χ0n) is 15.8. The minimum Gasteiger partial charge on any atom is -0.378 e. The summed E-state index contributed by atoms with van der Waals surface area (Å²) in [6, 6.07) is 7.31. The van der Waals surface area contributed by atoms with Crippen molar-refractivity contribution in [2.45, 2.75) is 32.1 Å². The SMILES string of the molecule is O=C(NCc1nnc2n1CC[C@@H](C(F)(F)F)C2)c1ccc(N2CCOCC2)cc1. The zero-order chi connectivity index (χ0) is 20.4. The Morgan fingerprint density at radius 3 is 2.55 bits per heavy atom. The van der Waals surface area contributed by atoms with Gasteiger partial charge in [0, 0.05) is 37.3 Å². The summed E-state index contributed by atoms with van der Waals surface area (Å²) in [6.07, 6.45) is -4.40. The molecular weight excluding hydrogens is 387 g/mol. The molecule has 4 rings (SSSR count). The van der Waals surface area contributed by atoms with Gasteiger partial charge in [-0.25, -0.2) is 0 Å². The van der Waals surface area contributed by atoms with Crippen LogP contribution in [0.1, 0.15) is 28.4 Å². The van der Waals surface area contributed by atoms with Crippen molar-refractivity contribution in [2.24, 2.45) is 5.92 Å². The summed E-state index contributed by atoms with van der Waals surface area (Å²) in [7, 11) is 0. The maximum Gasteiger partial charge on any atom is 0.392 e. The first kappa shape index (κ1) is 19.7. The van der Waals surface area contributed by atoms with E-state index in [1.165, 1.54) is 0 Å². The van der Waals surface area contributed by atoms with Gasteiger partial charge in [-0.1, -0.05) is 0 Å². The lowest BCUT2D eigenvalue weighted by molar-refractivity contribution is -0.179. The number of aromatic nitrogens is 3. The Morgan fingerprint density at radius 2 is 1.86 bits per heavy atom. The van der Waals surface area contributed by atoms with E-state index in [1.807, 2.05) is 12.1 Å². The lowest BCUT2D eigenvalue weighted by Gasteiger charge is -2.28. The highest BCUT2D eigenvalue weighted by Crippen LogP contribution is 2.34. The Kier molecular flexibility index (Phi) is 5.44. The minimum absolute atomic E-state index is 0.00150. The predicted molar refractivity (Wildman–Crippen MR) is 98.5 cm³/mol. The molecule has 7 nitrogen and oxygen atoms in total. The van der Waals surface area contributed by atoms with E-state index in [2.05, 4.69) is 20.4 Å². The Morgan fingerprint density at radius 1 is 1.14 bits per heavy atom. The van der Waals surface area contributed by atoms with Crippen LogP contribution in [0.15, 0.2) is 24.3 Å². The number of alkyl halides is 3. The second-order valence-corrected chi connectivity index (χ2v) is 7.24. The standard InChI is InChI=1S/C19H22F3N5O2/c20-19(21,22)14-5-6-27-16(11-14)24-25-17(27)12-23-18(28)13-1-3-15(4-2-13)26-7-9-29-10-8-26/h1-4,14H,5-12H2,(H,23,28)/t14-/m1/s1.